The number of carbonyl (C=O) groups excluding carboxylic acids is 1. The number of para-hydroxylation sites is 1. The van der Waals surface area contributed by atoms with Crippen LogP contribution < -0.4 is 15.8 Å². The number of hydrogen-bond acceptors (Lipinski definition) is 7. The number of benzene rings is 2. The number of aliphatic imine (C=N–C) groups is 1. The van der Waals surface area contributed by atoms with E-state index in [1.54, 1.807) is 29.2 Å². The maximum atomic E-state index is 9.47. The van der Waals surface area contributed by atoms with Crippen LogP contribution in [0.4, 0.5) is 17.1 Å². The van der Waals surface area contributed by atoms with Gasteiger partial charge in [-0.3, -0.25) is 4.99 Å². The third kappa shape index (κ3) is 8.23. The summed E-state index contributed by atoms with van der Waals surface area (Å²) in [7, 11) is 0. The second kappa shape index (κ2) is 15.0. The topological polar surface area (TPSA) is 118 Å². The molecule has 0 bridgehead atoms. The number of aryl methyl sites for hydroxylation is 1. The first kappa shape index (κ1) is 28.1. The Morgan fingerprint density at radius 3 is 2.38 bits per heavy atom. The van der Waals surface area contributed by atoms with Gasteiger partial charge in [0.1, 0.15) is 23.9 Å². The number of nitrogen functional groups attached to an aromatic ring is 1. The van der Waals surface area contributed by atoms with Gasteiger partial charge in [0.2, 0.25) is 0 Å². The average Bonchev–Trinajstić information content (AvgIpc) is 3.20. The SMILES string of the molecule is C=CC=N/C=C\C.CC=O.Cc1c(N)cn2ncc(C#N)c(Nc3ccc(Oc4ccccc4)cc3)c12. The molecule has 4 aromatic rings. The molecule has 0 aliphatic rings. The van der Waals surface area contributed by atoms with Gasteiger partial charge >= 0.3 is 0 Å². The molecular weight excluding hydrogens is 464 g/mol. The van der Waals surface area contributed by atoms with Gasteiger partial charge in [-0.2, -0.15) is 10.4 Å². The number of nitrogens with zero attached hydrogens (tertiary/aromatic N) is 4. The van der Waals surface area contributed by atoms with Crippen molar-refractivity contribution in [2.24, 2.45) is 4.99 Å². The Labute approximate surface area is 217 Å². The summed E-state index contributed by atoms with van der Waals surface area (Å²) in [5.74, 6) is 1.51. The zero-order valence-electron chi connectivity index (χ0n) is 21.1. The highest BCUT2D eigenvalue weighted by Crippen LogP contribution is 2.31. The van der Waals surface area contributed by atoms with Crippen molar-refractivity contribution in [1.82, 2.24) is 9.61 Å². The number of aromatic nitrogens is 2. The van der Waals surface area contributed by atoms with E-state index in [0.29, 0.717) is 16.9 Å². The lowest BCUT2D eigenvalue weighted by molar-refractivity contribution is -0.106. The lowest BCUT2D eigenvalue weighted by Gasteiger charge is -2.12. The van der Waals surface area contributed by atoms with Crippen molar-refractivity contribution >= 4 is 35.1 Å². The zero-order valence-corrected chi connectivity index (χ0v) is 21.1. The van der Waals surface area contributed by atoms with Crippen LogP contribution in [0, 0.1) is 18.3 Å². The van der Waals surface area contributed by atoms with Crippen molar-refractivity contribution < 1.29 is 9.53 Å². The Morgan fingerprint density at radius 2 is 1.78 bits per heavy atom. The van der Waals surface area contributed by atoms with Crippen LogP contribution in [0.15, 0.2) is 96.9 Å². The number of nitrogens with one attached hydrogen (secondary N) is 1. The number of allylic oxidation sites excluding steroid dienone is 2. The van der Waals surface area contributed by atoms with E-state index in [4.69, 9.17) is 15.3 Å². The van der Waals surface area contributed by atoms with E-state index in [0.717, 1.165) is 34.6 Å². The van der Waals surface area contributed by atoms with Gasteiger partial charge in [-0.25, -0.2) is 4.52 Å². The van der Waals surface area contributed by atoms with Gasteiger partial charge in [-0.1, -0.05) is 36.9 Å². The predicted molar refractivity (Wildman–Crippen MR) is 151 cm³/mol. The number of nitrogens with two attached hydrogens (primary N) is 1. The molecule has 8 heteroatoms. The first-order valence-corrected chi connectivity index (χ1v) is 11.4. The lowest BCUT2D eigenvalue weighted by atomic mass is 10.1. The molecule has 0 fully saturated rings. The second-order valence-corrected chi connectivity index (χ2v) is 7.36. The van der Waals surface area contributed by atoms with Crippen LogP contribution >= 0.6 is 0 Å². The number of aldehydes is 1. The molecule has 0 saturated carbocycles. The number of hydrogen-bond donors (Lipinski definition) is 2. The summed E-state index contributed by atoms with van der Waals surface area (Å²) >= 11 is 0. The van der Waals surface area contributed by atoms with Crippen LogP contribution in [0.2, 0.25) is 0 Å². The number of fused-ring (bicyclic) bond motifs is 1. The molecule has 188 valence electrons. The number of anilines is 3. The van der Waals surface area contributed by atoms with Gasteiger partial charge in [0.05, 0.1) is 34.8 Å². The van der Waals surface area contributed by atoms with Crippen LogP contribution in [-0.4, -0.2) is 22.1 Å². The zero-order chi connectivity index (χ0) is 27.0. The maximum absolute atomic E-state index is 9.47. The van der Waals surface area contributed by atoms with Gasteiger partial charge in [-0.05, 0) is 57.2 Å². The fourth-order valence-electron chi connectivity index (χ4n) is 3.09. The minimum Gasteiger partial charge on any atom is -0.457 e. The molecule has 0 aliphatic carbocycles. The summed E-state index contributed by atoms with van der Waals surface area (Å²) in [5, 5.41) is 17.0. The van der Waals surface area contributed by atoms with Gasteiger partial charge in [0, 0.05) is 23.7 Å². The third-order valence-corrected chi connectivity index (χ3v) is 4.75. The van der Waals surface area contributed by atoms with Crippen LogP contribution in [0.25, 0.3) is 5.52 Å². The highest BCUT2D eigenvalue weighted by atomic mass is 16.5. The van der Waals surface area contributed by atoms with Gasteiger partial charge < -0.3 is 20.6 Å². The summed E-state index contributed by atoms with van der Waals surface area (Å²) in [5.41, 5.74) is 10.3. The summed E-state index contributed by atoms with van der Waals surface area (Å²) in [6.07, 6.45) is 10.9. The van der Waals surface area contributed by atoms with Crippen molar-refractivity contribution in [1.29, 1.82) is 5.26 Å². The fraction of sp³-hybridized carbons (Fsp3) is 0.103. The van der Waals surface area contributed by atoms with E-state index in [9.17, 15) is 5.26 Å². The molecule has 2 heterocycles. The van der Waals surface area contributed by atoms with Crippen molar-refractivity contribution in [3.8, 4) is 17.6 Å². The lowest BCUT2D eigenvalue weighted by Crippen LogP contribution is -2.00. The Kier molecular flexibility index (Phi) is 11.4. The highest BCUT2D eigenvalue weighted by Gasteiger charge is 2.14. The molecule has 37 heavy (non-hydrogen) atoms. The summed E-state index contributed by atoms with van der Waals surface area (Å²) in [4.78, 5) is 12.6. The van der Waals surface area contributed by atoms with Crippen LogP contribution in [0.1, 0.15) is 25.0 Å². The molecule has 0 radical (unpaired) electrons. The van der Waals surface area contributed by atoms with E-state index in [1.807, 2.05) is 74.5 Å². The molecule has 0 aliphatic heterocycles. The number of rotatable bonds is 6. The Morgan fingerprint density at radius 1 is 1.14 bits per heavy atom. The van der Waals surface area contributed by atoms with E-state index in [1.165, 1.54) is 13.1 Å². The Bertz CT molecular complexity index is 1400. The monoisotopic (exact) mass is 494 g/mol. The maximum Gasteiger partial charge on any atom is 0.127 e. The van der Waals surface area contributed by atoms with E-state index in [-0.39, 0.29) is 0 Å². The fourth-order valence-corrected chi connectivity index (χ4v) is 3.09. The van der Waals surface area contributed by atoms with Gasteiger partial charge in [0.15, 0.2) is 0 Å². The second-order valence-electron chi connectivity index (χ2n) is 7.36. The largest absolute Gasteiger partial charge is 0.457 e. The third-order valence-electron chi connectivity index (χ3n) is 4.75. The minimum atomic E-state index is 0.452. The summed E-state index contributed by atoms with van der Waals surface area (Å²) < 4.78 is 7.49. The Balaban J connectivity index is 0.000000413. The molecule has 2 aromatic heterocycles. The molecule has 0 saturated heterocycles. The molecule has 2 aromatic carbocycles. The average molecular weight is 495 g/mol. The standard InChI is InChI=1S/C21H17N5O.C6H9N.C2H4O/c1-14-19(23)13-26-21(14)20(15(11-22)12-24-26)25-16-7-9-18(10-8-16)27-17-5-3-2-4-6-17;1-3-5-7-6-4-2;1-2-3/h2-10,12-13,25H,23H2,1H3;3-6H,1H2,2H3;2H,1H3/b;6-4-,7-5?;. The highest BCUT2D eigenvalue weighted by molar-refractivity contribution is 5.87. The first-order valence-electron chi connectivity index (χ1n) is 11.4. The minimum absolute atomic E-state index is 0.452. The van der Waals surface area contributed by atoms with Crippen molar-refractivity contribution in [2.75, 3.05) is 11.1 Å². The molecule has 0 atom stereocenters. The van der Waals surface area contributed by atoms with Crippen molar-refractivity contribution in [3.05, 3.63) is 103 Å². The quantitative estimate of drug-likeness (QED) is 0.230. The van der Waals surface area contributed by atoms with Crippen LogP contribution in [0.3, 0.4) is 0 Å². The number of nitriles is 1. The molecule has 8 nitrogen and oxygen atoms in total. The summed E-state index contributed by atoms with van der Waals surface area (Å²) in [6, 6.07) is 19.3. The van der Waals surface area contributed by atoms with Crippen LogP contribution in [0.5, 0.6) is 11.5 Å². The van der Waals surface area contributed by atoms with E-state index >= 15 is 0 Å². The van der Waals surface area contributed by atoms with Gasteiger partial charge in [-0.15, -0.1) is 0 Å². The van der Waals surface area contributed by atoms with Crippen molar-refractivity contribution in [2.45, 2.75) is 20.8 Å². The predicted octanol–water partition coefficient (Wildman–Crippen LogP) is 6.61. The first-order chi connectivity index (χ1) is 18.0. The van der Waals surface area contributed by atoms with Crippen molar-refractivity contribution in [3.63, 3.8) is 0 Å². The molecule has 4 rings (SSSR count). The molecule has 0 unspecified atom stereocenters. The Hall–Kier alpha value is -5.16. The number of carbonyl (C=O) groups is 1. The van der Waals surface area contributed by atoms with Crippen LogP contribution in [-0.2, 0) is 4.79 Å². The number of ether oxygens (including phenoxy) is 1. The molecular formula is C29H30N6O2. The van der Waals surface area contributed by atoms with E-state index in [2.05, 4.69) is 28.1 Å². The molecule has 0 amide bonds. The smallest absolute Gasteiger partial charge is 0.127 e. The summed E-state index contributed by atoms with van der Waals surface area (Å²) in [6.45, 7) is 8.72. The normalized spacial score (nSPS) is 10.1. The van der Waals surface area contributed by atoms with E-state index < -0.39 is 0 Å². The van der Waals surface area contributed by atoms with Gasteiger partial charge in [0.25, 0.3) is 0 Å². The molecule has 3 N–H and O–H groups in total. The molecule has 0 spiro atoms.